The Labute approximate surface area is 343 Å². The van der Waals surface area contributed by atoms with Gasteiger partial charge >= 0.3 is 73.4 Å². The van der Waals surface area contributed by atoms with E-state index in [1.165, 1.54) is 83.5 Å². The van der Waals surface area contributed by atoms with Crippen molar-refractivity contribution >= 4 is 46.7 Å². The van der Waals surface area contributed by atoms with E-state index >= 15 is 0 Å². The van der Waals surface area contributed by atoms with E-state index in [0.717, 1.165) is 17.4 Å². The zero-order valence-corrected chi connectivity index (χ0v) is 39.0. The molecule has 4 heterocycles. The van der Waals surface area contributed by atoms with Gasteiger partial charge in [0.2, 0.25) is 0 Å². The van der Waals surface area contributed by atoms with E-state index in [4.69, 9.17) is 19.4 Å². The van der Waals surface area contributed by atoms with Crippen LogP contribution >= 0.6 is 19.4 Å². The van der Waals surface area contributed by atoms with E-state index < -0.39 is 13.5 Å². The minimum absolute atomic E-state index is 0.284. The first-order valence-corrected chi connectivity index (χ1v) is 25.4. The molecule has 6 fully saturated rings. The SMILES string of the molecule is Cc1cc(N(C)C)cc(C)c1N1[CH-][C@@]2(C)CC[C@]1(C)CC2C.Cc1cc(N(C)C)cc(C)c1N1[CH-][C@@]2(C)CC[C@]1(C)CC2C.[Cl][Ru]([Cl])=[CH]c1ccccc1. The van der Waals surface area contributed by atoms with Crippen LogP contribution in [0.2, 0.25) is 0 Å². The molecule has 6 aliphatic rings. The van der Waals surface area contributed by atoms with Crippen LogP contribution in [-0.4, -0.2) is 43.9 Å². The maximum absolute atomic E-state index is 5.67. The van der Waals surface area contributed by atoms with Gasteiger partial charge in [0.25, 0.3) is 0 Å². The predicted molar refractivity (Wildman–Crippen MR) is 236 cm³/mol. The molecule has 2 saturated carbocycles. The number of hydrogen-bond acceptors (Lipinski definition) is 4. The van der Waals surface area contributed by atoms with Crippen LogP contribution in [0.15, 0.2) is 54.6 Å². The van der Waals surface area contributed by atoms with Crippen LogP contribution in [-0.2, 0) is 13.5 Å². The van der Waals surface area contributed by atoms with Crippen LogP contribution in [0.5, 0.6) is 0 Å². The number of anilines is 4. The summed E-state index contributed by atoms with van der Waals surface area (Å²) in [5.74, 6) is 1.56. The summed E-state index contributed by atoms with van der Waals surface area (Å²) < 4.78 is 1.92. The topological polar surface area (TPSA) is 13.0 Å². The van der Waals surface area contributed by atoms with E-state index in [-0.39, 0.29) is 11.1 Å². The molecular weight excluding hydrogens is 793 g/mol. The minimum atomic E-state index is -1.61. The molecule has 3 aromatic rings. The summed E-state index contributed by atoms with van der Waals surface area (Å²) in [4.78, 5) is 9.64. The molecule has 7 heteroatoms. The van der Waals surface area contributed by atoms with Crippen molar-refractivity contribution in [3.8, 4) is 0 Å². The molecule has 0 spiro atoms. The normalized spacial score (nSPS) is 29.8. The number of nitrogens with zero attached hydrogens (tertiary/aromatic N) is 4. The van der Waals surface area contributed by atoms with Crippen LogP contribution in [0.3, 0.4) is 0 Å². The van der Waals surface area contributed by atoms with E-state index in [9.17, 15) is 0 Å². The third-order valence-electron chi connectivity index (χ3n) is 13.6. The van der Waals surface area contributed by atoms with Gasteiger partial charge in [0.15, 0.2) is 0 Å². The summed E-state index contributed by atoms with van der Waals surface area (Å²) in [6.07, 6.45) is 7.87. The van der Waals surface area contributed by atoms with Crippen LogP contribution in [0, 0.1) is 63.5 Å². The molecule has 4 aliphatic heterocycles. The fourth-order valence-electron chi connectivity index (χ4n) is 9.70. The number of halogens is 2. The van der Waals surface area contributed by atoms with Crippen molar-refractivity contribution in [3.05, 3.63) is 95.5 Å². The molecule has 4 saturated heterocycles. The Hall–Kier alpha value is -2.07. The van der Waals surface area contributed by atoms with Crippen molar-refractivity contribution in [1.29, 1.82) is 0 Å². The molecule has 3 aromatic carbocycles. The second kappa shape index (κ2) is 16.4. The summed E-state index contributed by atoms with van der Waals surface area (Å²) in [5.41, 5.74) is 13.4. The Balaban J connectivity index is 0.000000167. The molecule has 0 aromatic heterocycles. The first kappa shape index (κ1) is 43.1. The van der Waals surface area contributed by atoms with Gasteiger partial charge in [-0.15, -0.1) is 10.8 Å². The number of benzene rings is 3. The van der Waals surface area contributed by atoms with Crippen molar-refractivity contribution in [3.63, 3.8) is 0 Å². The quantitative estimate of drug-likeness (QED) is 0.187. The van der Waals surface area contributed by atoms with Gasteiger partial charge in [0.1, 0.15) is 0 Å². The molecule has 0 amide bonds. The van der Waals surface area contributed by atoms with Crippen molar-refractivity contribution in [2.45, 2.75) is 119 Å². The first-order valence-electron chi connectivity index (χ1n) is 19.9. The van der Waals surface area contributed by atoms with E-state index in [0.29, 0.717) is 10.8 Å². The van der Waals surface area contributed by atoms with Crippen molar-refractivity contribution < 1.29 is 13.5 Å². The Bertz CT molecular complexity index is 1670. The monoisotopic (exact) mass is 860 g/mol. The van der Waals surface area contributed by atoms with Gasteiger partial charge in [0, 0.05) is 62.0 Å². The second-order valence-electron chi connectivity index (χ2n) is 18.6. The first-order chi connectivity index (χ1) is 25.1. The molecule has 300 valence electrons. The van der Waals surface area contributed by atoms with Crippen molar-refractivity contribution in [1.82, 2.24) is 0 Å². The third-order valence-corrected chi connectivity index (χ3v) is 15.5. The standard InChI is InChI=1S/2C20H31N2.C7H6.2ClH.Ru/c2*1-14-10-17(21(6)7)11-15(2)18(14)22-13-19(4)8-9-20(22,5)12-16(19)3;1-7-5-3-2-4-6-7;;;/h2*10-11,13,16H,8-9,12H2,1-7H3;1-6H;2*1H;/q2*-1;;;;+2/p-2/t2*16?,19-,20-;;;;/m11..../s1. The van der Waals surface area contributed by atoms with Gasteiger partial charge in [-0.1, -0.05) is 52.4 Å². The molecule has 6 atom stereocenters. The van der Waals surface area contributed by atoms with Gasteiger partial charge < -0.3 is 19.6 Å². The molecule has 0 N–H and O–H groups in total. The average Bonchev–Trinajstić information content (AvgIpc) is 3.07. The summed E-state index contributed by atoms with van der Waals surface area (Å²) in [5, 5.41) is 0. The fourth-order valence-corrected chi connectivity index (χ4v) is 11.5. The van der Waals surface area contributed by atoms with E-state index in [1.807, 2.05) is 34.9 Å². The van der Waals surface area contributed by atoms with E-state index in [1.54, 1.807) is 0 Å². The Morgan fingerprint density at radius 1 is 0.630 bits per heavy atom. The third kappa shape index (κ3) is 8.90. The molecule has 2 unspecified atom stereocenters. The van der Waals surface area contributed by atoms with Gasteiger partial charge in [-0.25, -0.2) is 13.1 Å². The molecule has 4 bridgehead atoms. The molecule has 54 heavy (non-hydrogen) atoms. The van der Waals surface area contributed by atoms with Crippen LogP contribution in [0.4, 0.5) is 22.7 Å². The van der Waals surface area contributed by atoms with Crippen LogP contribution in [0.1, 0.15) is 108 Å². The molecule has 9 rings (SSSR count). The van der Waals surface area contributed by atoms with Crippen LogP contribution in [0.25, 0.3) is 0 Å². The number of piperidine rings is 4. The number of fused-ring (bicyclic) bond motifs is 6. The fraction of sp³-hybridized carbons (Fsp3) is 0.553. The van der Waals surface area contributed by atoms with Crippen molar-refractivity contribution in [2.75, 3.05) is 47.8 Å². The number of aryl methyl sites for hydroxylation is 4. The molecule has 2 aliphatic carbocycles. The molecule has 0 radical (unpaired) electrons. The predicted octanol–water partition coefficient (Wildman–Crippen LogP) is 12.6. The van der Waals surface area contributed by atoms with Gasteiger partial charge in [-0.3, -0.25) is 0 Å². The van der Waals surface area contributed by atoms with Gasteiger partial charge in [-0.2, -0.15) is 0 Å². The zero-order valence-electron chi connectivity index (χ0n) is 35.7. The number of hydrogen-bond donors (Lipinski definition) is 0. The average molecular weight is 861 g/mol. The summed E-state index contributed by atoms with van der Waals surface area (Å²) >= 11 is -1.61. The Morgan fingerprint density at radius 2 is 0.981 bits per heavy atom. The van der Waals surface area contributed by atoms with Gasteiger partial charge in [-0.05, 0) is 114 Å². The Kier molecular flexibility index (Phi) is 13.1. The van der Waals surface area contributed by atoms with Crippen molar-refractivity contribution in [2.24, 2.45) is 22.7 Å². The summed E-state index contributed by atoms with van der Waals surface area (Å²) in [6.45, 7) is 28.8. The summed E-state index contributed by atoms with van der Waals surface area (Å²) in [6, 6.07) is 19.2. The Morgan fingerprint density at radius 3 is 1.28 bits per heavy atom. The van der Waals surface area contributed by atoms with E-state index in [2.05, 4.69) is 154 Å². The van der Waals surface area contributed by atoms with Gasteiger partial charge in [0.05, 0.1) is 0 Å². The van der Waals surface area contributed by atoms with Crippen LogP contribution < -0.4 is 19.6 Å². The zero-order chi connectivity index (χ0) is 40.0. The summed E-state index contributed by atoms with van der Waals surface area (Å²) in [7, 11) is 19.8. The molecular formula is C47H68Cl2N4Ru-2. The maximum atomic E-state index is 5.67. The molecule has 4 nitrogen and oxygen atoms in total. The second-order valence-corrected chi connectivity index (χ2v) is 24.3. The number of rotatable bonds is 5.